The molecule has 0 spiro atoms. The Labute approximate surface area is 150 Å². The van der Waals surface area contributed by atoms with E-state index in [1.807, 2.05) is 4.90 Å². The van der Waals surface area contributed by atoms with Gasteiger partial charge in [-0.25, -0.2) is 0 Å². The molecule has 3 aliphatic rings. The summed E-state index contributed by atoms with van der Waals surface area (Å²) in [6.07, 6.45) is 8.21. The van der Waals surface area contributed by atoms with Crippen LogP contribution in [0.3, 0.4) is 0 Å². The van der Waals surface area contributed by atoms with Crippen LogP contribution in [0.25, 0.3) is 0 Å². The number of hydrogen-bond donors (Lipinski definition) is 1. The number of rotatable bonds is 5. The van der Waals surface area contributed by atoms with Gasteiger partial charge in [-0.2, -0.15) is 0 Å². The summed E-state index contributed by atoms with van der Waals surface area (Å²) in [6.45, 7) is 1.34. The van der Waals surface area contributed by atoms with Crippen LogP contribution < -0.4 is 5.32 Å². The highest BCUT2D eigenvalue weighted by Crippen LogP contribution is 2.40. The van der Waals surface area contributed by atoms with Crippen molar-refractivity contribution >= 4 is 11.8 Å². The molecule has 134 valence electrons. The normalized spacial score (nSPS) is 25.8. The Morgan fingerprint density at radius 1 is 1.12 bits per heavy atom. The molecule has 1 aromatic carbocycles. The number of carbonyl (C=O) groups is 2. The summed E-state index contributed by atoms with van der Waals surface area (Å²) in [5.74, 6) is 0.344. The largest absolute Gasteiger partial charge is 0.355 e. The van der Waals surface area contributed by atoms with Crippen LogP contribution in [0, 0.1) is 5.92 Å². The molecule has 3 fully saturated rings. The summed E-state index contributed by atoms with van der Waals surface area (Å²) in [4.78, 5) is 26.8. The number of hydrogen-bond acceptors (Lipinski definition) is 2. The van der Waals surface area contributed by atoms with E-state index in [4.69, 9.17) is 0 Å². The van der Waals surface area contributed by atoms with Gasteiger partial charge in [0.2, 0.25) is 11.8 Å². The minimum absolute atomic E-state index is 0.0347. The van der Waals surface area contributed by atoms with Crippen molar-refractivity contribution < 1.29 is 9.59 Å². The molecule has 4 nitrogen and oxygen atoms in total. The third kappa shape index (κ3) is 3.44. The summed E-state index contributed by atoms with van der Waals surface area (Å²) in [6, 6.07) is 11.1. The van der Waals surface area contributed by atoms with Gasteiger partial charge in [-0.15, -0.1) is 0 Å². The van der Waals surface area contributed by atoms with Crippen molar-refractivity contribution in [2.45, 2.75) is 62.8 Å². The van der Waals surface area contributed by atoms with Gasteiger partial charge in [-0.1, -0.05) is 43.2 Å². The molecular weight excluding hydrogens is 312 g/mol. The SMILES string of the molecule is O=C(NCC1(c2ccccc2)CCCC1)C1CCC(=O)N(C2CC2)C1. The molecule has 1 heterocycles. The molecule has 4 rings (SSSR count). The van der Waals surface area contributed by atoms with E-state index >= 15 is 0 Å². The van der Waals surface area contributed by atoms with E-state index in [0.29, 0.717) is 25.4 Å². The van der Waals surface area contributed by atoms with E-state index in [1.165, 1.54) is 18.4 Å². The first-order chi connectivity index (χ1) is 12.2. The van der Waals surface area contributed by atoms with Crippen LogP contribution in [0.1, 0.15) is 56.9 Å². The highest BCUT2D eigenvalue weighted by Gasteiger charge is 2.40. The van der Waals surface area contributed by atoms with Crippen molar-refractivity contribution in [1.82, 2.24) is 10.2 Å². The highest BCUT2D eigenvalue weighted by atomic mass is 16.2. The van der Waals surface area contributed by atoms with E-state index in [0.717, 1.165) is 32.2 Å². The smallest absolute Gasteiger partial charge is 0.224 e. The van der Waals surface area contributed by atoms with Crippen molar-refractivity contribution in [3.8, 4) is 0 Å². The van der Waals surface area contributed by atoms with Gasteiger partial charge in [0.25, 0.3) is 0 Å². The zero-order valence-electron chi connectivity index (χ0n) is 14.9. The molecule has 2 aliphatic carbocycles. The molecule has 2 amide bonds. The standard InChI is InChI=1S/C21H28N2O2/c24-19-11-8-16(14-23(19)18-9-10-18)20(25)22-15-21(12-4-5-13-21)17-6-2-1-3-7-17/h1-3,6-7,16,18H,4-5,8-15H2,(H,22,25). The molecule has 1 unspecified atom stereocenters. The van der Waals surface area contributed by atoms with Crippen molar-refractivity contribution in [3.63, 3.8) is 0 Å². The number of piperidine rings is 1. The zero-order valence-corrected chi connectivity index (χ0v) is 14.9. The van der Waals surface area contributed by atoms with Gasteiger partial charge < -0.3 is 10.2 Å². The second kappa shape index (κ2) is 6.81. The quantitative estimate of drug-likeness (QED) is 0.896. The Hall–Kier alpha value is -1.84. The average Bonchev–Trinajstić information content (AvgIpc) is 3.38. The summed E-state index contributed by atoms with van der Waals surface area (Å²) < 4.78 is 0. The van der Waals surface area contributed by atoms with Gasteiger partial charge in [-0.05, 0) is 37.7 Å². The molecule has 0 radical (unpaired) electrons. The van der Waals surface area contributed by atoms with Crippen molar-refractivity contribution in [3.05, 3.63) is 35.9 Å². The Bertz CT molecular complexity index is 633. The minimum atomic E-state index is -0.0347. The first-order valence-corrected chi connectivity index (χ1v) is 9.81. The third-order valence-corrected chi connectivity index (χ3v) is 6.35. The van der Waals surface area contributed by atoms with E-state index in [9.17, 15) is 9.59 Å². The minimum Gasteiger partial charge on any atom is -0.355 e. The molecule has 1 N–H and O–H groups in total. The van der Waals surface area contributed by atoms with E-state index in [1.54, 1.807) is 0 Å². The van der Waals surface area contributed by atoms with Crippen LogP contribution >= 0.6 is 0 Å². The number of amides is 2. The molecule has 0 bridgehead atoms. The van der Waals surface area contributed by atoms with Crippen LogP contribution in [0.15, 0.2) is 30.3 Å². The first kappa shape index (κ1) is 16.6. The number of likely N-dealkylation sites (tertiary alicyclic amines) is 1. The Morgan fingerprint density at radius 2 is 1.84 bits per heavy atom. The van der Waals surface area contributed by atoms with Gasteiger partial charge in [0.15, 0.2) is 0 Å². The lowest BCUT2D eigenvalue weighted by Gasteiger charge is -2.34. The van der Waals surface area contributed by atoms with E-state index in [2.05, 4.69) is 35.6 Å². The summed E-state index contributed by atoms with van der Waals surface area (Å²) in [5, 5.41) is 3.25. The maximum Gasteiger partial charge on any atom is 0.224 e. The van der Waals surface area contributed by atoms with Gasteiger partial charge in [-0.3, -0.25) is 9.59 Å². The van der Waals surface area contributed by atoms with Crippen LogP contribution in [-0.4, -0.2) is 35.8 Å². The predicted octanol–water partition coefficient (Wildman–Crippen LogP) is 3.02. The van der Waals surface area contributed by atoms with Crippen molar-refractivity contribution in [1.29, 1.82) is 0 Å². The molecular formula is C21H28N2O2. The molecule has 2 saturated carbocycles. The van der Waals surface area contributed by atoms with Crippen LogP contribution in [0.4, 0.5) is 0 Å². The lowest BCUT2D eigenvalue weighted by Crippen LogP contribution is -2.48. The van der Waals surface area contributed by atoms with Gasteiger partial charge in [0, 0.05) is 31.0 Å². The lowest BCUT2D eigenvalue weighted by molar-refractivity contribution is -0.138. The van der Waals surface area contributed by atoms with Crippen LogP contribution in [0.2, 0.25) is 0 Å². The summed E-state index contributed by atoms with van der Waals surface area (Å²) in [5.41, 5.74) is 1.45. The molecule has 1 atom stereocenters. The fourth-order valence-electron chi connectivity index (χ4n) is 4.64. The Balaban J connectivity index is 1.39. The fourth-order valence-corrected chi connectivity index (χ4v) is 4.64. The number of nitrogens with one attached hydrogen (secondary N) is 1. The number of benzene rings is 1. The van der Waals surface area contributed by atoms with E-state index in [-0.39, 0.29) is 23.1 Å². The topological polar surface area (TPSA) is 49.4 Å². The van der Waals surface area contributed by atoms with Crippen LogP contribution in [0.5, 0.6) is 0 Å². The van der Waals surface area contributed by atoms with Gasteiger partial charge in [0.05, 0.1) is 5.92 Å². The van der Waals surface area contributed by atoms with Crippen molar-refractivity contribution in [2.75, 3.05) is 13.1 Å². The summed E-state index contributed by atoms with van der Waals surface area (Å²) >= 11 is 0. The Kier molecular flexibility index (Phi) is 4.53. The molecule has 1 saturated heterocycles. The summed E-state index contributed by atoms with van der Waals surface area (Å²) in [7, 11) is 0. The fraction of sp³-hybridized carbons (Fsp3) is 0.619. The molecule has 1 aromatic rings. The van der Waals surface area contributed by atoms with Crippen LogP contribution in [-0.2, 0) is 15.0 Å². The second-order valence-electron chi connectivity index (χ2n) is 8.08. The molecule has 0 aromatic heterocycles. The van der Waals surface area contributed by atoms with Gasteiger partial charge >= 0.3 is 0 Å². The number of nitrogens with zero attached hydrogens (tertiary/aromatic N) is 1. The first-order valence-electron chi connectivity index (χ1n) is 9.81. The molecule has 25 heavy (non-hydrogen) atoms. The third-order valence-electron chi connectivity index (χ3n) is 6.35. The maximum atomic E-state index is 12.8. The number of carbonyl (C=O) groups excluding carboxylic acids is 2. The predicted molar refractivity (Wildman–Crippen MR) is 97.1 cm³/mol. The second-order valence-corrected chi connectivity index (χ2v) is 8.08. The Morgan fingerprint density at radius 3 is 2.52 bits per heavy atom. The van der Waals surface area contributed by atoms with Crippen molar-refractivity contribution in [2.24, 2.45) is 5.92 Å². The highest BCUT2D eigenvalue weighted by molar-refractivity contribution is 5.84. The zero-order chi connectivity index (χ0) is 17.3. The average molecular weight is 340 g/mol. The van der Waals surface area contributed by atoms with Gasteiger partial charge in [0.1, 0.15) is 0 Å². The maximum absolute atomic E-state index is 12.8. The van der Waals surface area contributed by atoms with E-state index < -0.39 is 0 Å². The molecule has 4 heteroatoms. The lowest BCUT2D eigenvalue weighted by atomic mass is 9.78. The monoisotopic (exact) mass is 340 g/mol. The molecule has 1 aliphatic heterocycles.